The van der Waals surface area contributed by atoms with Gasteiger partial charge in [-0.25, -0.2) is 0 Å². The van der Waals surface area contributed by atoms with Gasteiger partial charge in [0, 0.05) is 6.07 Å². The molecule has 3 aromatic rings. The average molecular weight is 394 g/mol. The molecule has 3 rings (SSSR count). The summed E-state index contributed by atoms with van der Waals surface area (Å²) in [6.07, 6.45) is 3.79. The molecule has 0 unspecified atom stereocenters. The molecule has 0 aliphatic carbocycles. The van der Waals surface area contributed by atoms with Gasteiger partial charge in [0.25, 0.3) is 0 Å². The molecule has 5 nitrogen and oxygen atoms in total. The van der Waals surface area contributed by atoms with Gasteiger partial charge in [0.2, 0.25) is 0 Å². The second-order valence-corrected chi connectivity index (χ2v) is 8.61. The number of aliphatic hydroxyl groups excluding tert-OH is 1. The van der Waals surface area contributed by atoms with Crippen LogP contribution in [0.1, 0.15) is 63.3 Å². The normalized spacial score (nSPS) is 12.6. The maximum atomic E-state index is 9.99. The molecule has 5 heteroatoms. The molecule has 0 atom stereocenters. The highest BCUT2D eigenvalue weighted by Gasteiger charge is 2.26. The number of rotatable bonds is 5. The fourth-order valence-corrected chi connectivity index (χ4v) is 3.92. The smallest absolute Gasteiger partial charge is 0.121 e. The number of aromatic nitrogens is 3. The van der Waals surface area contributed by atoms with Gasteiger partial charge in [-0.15, -0.1) is 10.2 Å². The quantitative estimate of drug-likeness (QED) is 0.548. The fraction of sp³-hybridized carbons (Fsp3) is 0.417. The van der Waals surface area contributed by atoms with Crippen molar-refractivity contribution in [3.05, 3.63) is 52.3 Å². The van der Waals surface area contributed by atoms with Crippen LogP contribution >= 0.6 is 0 Å². The summed E-state index contributed by atoms with van der Waals surface area (Å²) in [6.45, 7) is 12.6. The number of aliphatic hydroxyl groups is 1. The molecular weight excluding hydrogens is 362 g/mol. The predicted molar refractivity (Wildman–Crippen MR) is 119 cm³/mol. The molecule has 0 fully saturated rings. The minimum absolute atomic E-state index is 0.0949. The summed E-state index contributed by atoms with van der Waals surface area (Å²) in [4.78, 5) is 1.75. The van der Waals surface area contributed by atoms with Crippen LogP contribution in [0, 0.1) is 6.92 Å². The first kappa shape index (κ1) is 20.9. The summed E-state index contributed by atoms with van der Waals surface area (Å²) in [5, 5.41) is 19.5. The van der Waals surface area contributed by atoms with Gasteiger partial charge in [-0.2, -0.15) is 4.80 Å². The van der Waals surface area contributed by atoms with Crippen molar-refractivity contribution in [1.82, 2.24) is 15.0 Å². The van der Waals surface area contributed by atoms with E-state index in [1.54, 1.807) is 18.8 Å². The van der Waals surface area contributed by atoms with E-state index in [2.05, 4.69) is 40.7 Å². The lowest BCUT2D eigenvalue weighted by Gasteiger charge is -2.28. The summed E-state index contributed by atoms with van der Waals surface area (Å²) < 4.78 is 5.33. The summed E-state index contributed by atoms with van der Waals surface area (Å²) in [6, 6.07) is 7.87. The molecule has 0 saturated heterocycles. The molecule has 1 aromatic heterocycles. The van der Waals surface area contributed by atoms with E-state index in [9.17, 15) is 5.11 Å². The predicted octanol–water partition coefficient (Wildman–Crippen LogP) is 5.91. The zero-order valence-electron chi connectivity index (χ0n) is 18.5. The molecule has 0 bridgehead atoms. The number of aryl methyl sites for hydroxylation is 1. The van der Waals surface area contributed by atoms with Crippen molar-refractivity contribution in [2.45, 2.75) is 59.8 Å². The van der Waals surface area contributed by atoms with Crippen LogP contribution in [0.5, 0.6) is 5.75 Å². The second-order valence-electron chi connectivity index (χ2n) is 8.61. The first-order chi connectivity index (χ1) is 13.7. The van der Waals surface area contributed by atoms with Crippen molar-refractivity contribution in [2.24, 2.45) is 0 Å². The highest BCUT2D eigenvalue weighted by Crippen LogP contribution is 2.37. The maximum absolute atomic E-state index is 9.99. The van der Waals surface area contributed by atoms with Gasteiger partial charge >= 0.3 is 0 Å². The standard InChI is InChI=1S/C24H31N3O2/c1-8-9-18-22(27-25-20-11-10-17(29-7)14-21(20)26-27)12-15(2)19(13-16(3)28)23(18)24(4,5)6/h10-14,28H,8-9H2,1-7H3. The molecule has 0 aliphatic rings. The van der Waals surface area contributed by atoms with Crippen LogP contribution in [-0.4, -0.2) is 27.2 Å². The Kier molecular flexibility index (Phi) is 5.69. The Hall–Kier alpha value is -2.82. The van der Waals surface area contributed by atoms with Crippen LogP contribution in [0.15, 0.2) is 30.0 Å². The fourth-order valence-electron chi connectivity index (χ4n) is 3.92. The summed E-state index contributed by atoms with van der Waals surface area (Å²) in [5.74, 6) is 1.08. The molecule has 1 N–H and O–H groups in total. The largest absolute Gasteiger partial charge is 0.513 e. The molecule has 0 radical (unpaired) electrons. The van der Waals surface area contributed by atoms with Crippen molar-refractivity contribution in [2.75, 3.05) is 7.11 Å². The minimum atomic E-state index is -0.0949. The lowest BCUT2D eigenvalue weighted by Crippen LogP contribution is -2.20. The number of benzene rings is 2. The van der Waals surface area contributed by atoms with E-state index in [0.717, 1.165) is 46.4 Å². The number of fused-ring (bicyclic) bond motifs is 1. The van der Waals surface area contributed by atoms with Crippen LogP contribution in [0.25, 0.3) is 22.8 Å². The number of ether oxygens (including phenoxy) is 1. The molecule has 154 valence electrons. The van der Waals surface area contributed by atoms with Gasteiger partial charge in [-0.05, 0) is 72.2 Å². The van der Waals surface area contributed by atoms with Gasteiger partial charge in [0.15, 0.2) is 0 Å². The third-order valence-electron chi connectivity index (χ3n) is 5.06. The van der Waals surface area contributed by atoms with E-state index in [4.69, 9.17) is 14.9 Å². The lowest BCUT2D eigenvalue weighted by atomic mass is 9.77. The first-order valence-corrected chi connectivity index (χ1v) is 10.1. The van der Waals surface area contributed by atoms with Crippen molar-refractivity contribution in [3.8, 4) is 11.4 Å². The minimum Gasteiger partial charge on any atom is -0.513 e. The topological polar surface area (TPSA) is 60.2 Å². The van der Waals surface area contributed by atoms with E-state index in [1.165, 1.54) is 11.1 Å². The Balaban J connectivity index is 2.34. The third-order valence-corrected chi connectivity index (χ3v) is 5.06. The molecule has 0 saturated carbocycles. The van der Waals surface area contributed by atoms with Crippen LogP contribution < -0.4 is 4.74 Å². The Morgan fingerprint density at radius 3 is 2.45 bits per heavy atom. The van der Waals surface area contributed by atoms with E-state index in [-0.39, 0.29) is 5.41 Å². The Bertz CT molecular complexity index is 1070. The lowest BCUT2D eigenvalue weighted by molar-refractivity contribution is 0.415. The van der Waals surface area contributed by atoms with Crippen molar-refractivity contribution in [3.63, 3.8) is 0 Å². The molecule has 1 heterocycles. The average Bonchev–Trinajstić information content (AvgIpc) is 3.05. The molecule has 0 spiro atoms. The van der Waals surface area contributed by atoms with Crippen molar-refractivity contribution in [1.29, 1.82) is 0 Å². The SMILES string of the molecule is CCCc1c(-n2nc3ccc(OC)cc3n2)cc(C)c(C=C(C)O)c1C(C)(C)C. The van der Waals surface area contributed by atoms with Gasteiger partial charge in [0.05, 0.1) is 18.6 Å². The molecular formula is C24H31N3O2. The van der Waals surface area contributed by atoms with Gasteiger partial charge in [0.1, 0.15) is 16.8 Å². The van der Waals surface area contributed by atoms with Crippen molar-refractivity contribution >= 4 is 17.1 Å². The monoisotopic (exact) mass is 393 g/mol. The molecule has 0 amide bonds. The Labute approximate surface area is 173 Å². The molecule has 2 aromatic carbocycles. The Morgan fingerprint density at radius 1 is 1.17 bits per heavy atom. The zero-order valence-corrected chi connectivity index (χ0v) is 18.5. The first-order valence-electron chi connectivity index (χ1n) is 10.1. The summed E-state index contributed by atoms with van der Waals surface area (Å²) >= 11 is 0. The molecule has 0 aliphatic heterocycles. The second kappa shape index (κ2) is 7.90. The van der Waals surface area contributed by atoms with Crippen LogP contribution in [0.2, 0.25) is 0 Å². The third kappa shape index (κ3) is 4.14. The van der Waals surface area contributed by atoms with Crippen molar-refractivity contribution < 1.29 is 9.84 Å². The number of hydrogen-bond acceptors (Lipinski definition) is 4. The number of hydrogen-bond donors (Lipinski definition) is 1. The number of methoxy groups -OCH3 is 1. The number of allylic oxidation sites excluding steroid dienone is 1. The summed E-state index contributed by atoms with van der Waals surface area (Å²) in [5.41, 5.74) is 7.18. The number of nitrogens with zero attached hydrogens (tertiary/aromatic N) is 3. The van der Waals surface area contributed by atoms with Gasteiger partial charge in [-0.3, -0.25) is 0 Å². The van der Waals surface area contributed by atoms with Crippen LogP contribution in [-0.2, 0) is 11.8 Å². The van der Waals surface area contributed by atoms with Crippen LogP contribution in [0.4, 0.5) is 0 Å². The maximum Gasteiger partial charge on any atom is 0.121 e. The van der Waals surface area contributed by atoms with Gasteiger partial charge < -0.3 is 9.84 Å². The molecule has 29 heavy (non-hydrogen) atoms. The van der Waals surface area contributed by atoms with E-state index < -0.39 is 0 Å². The van der Waals surface area contributed by atoms with E-state index in [0.29, 0.717) is 5.76 Å². The van der Waals surface area contributed by atoms with Gasteiger partial charge in [-0.1, -0.05) is 34.1 Å². The van der Waals surface area contributed by atoms with Crippen LogP contribution in [0.3, 0.4) is 0 Å². The Morgan fingerprint density at radius 2 is 1.86 bits per heavy atom. The highest BCUT2D eigenvalue weighted by molar-refractivity contribution is 5.76. The van der Waals surface area contributed by atoms with E-state index in [1.807, 2.05) is 24.3 Å². The summed E-state index contributed by atoms with van der Waals surface area (Å²) in [7, 11) is 1.65. The highest BCUT2D eigenvalue weighted by atomic mass is 16.5. The zero-order chi connectivity index (χ0) is 21.3. The van der Waals surface area contributed by atoms with E-state index >= 15 is 0 Å².